The number of amides is 4. The maximum atomic E-state index is 13.2. The molecule has 0 saturated carbocycles. The van der Waals surface area contributed by atoms with Crippen LogP contribution in [0.3, 0.4) is 0 Å². The van der Waals surface area contributed by atoms with Crippen LogP contribution in [0.15, 0.2) is 80.1 Å². The second-order valence-electron chi connectivity index (χ2n) is 7.53. The van der Waals surface area contributed by atoms with Gasteiger partial charge in [0.05, 0.1) is 15.1 Å². The molecule has 1 fully saturated rings. The van der Waals surface area contributed by atoms with Crippen molar-refractivity contribution in [1.29, 1.82) is 0 Å². The molecular weight excluding hydrogens is 674 g/mol. The van der Waals surface area contributed by atoms with Gasteiger partial charge >= 0.3 is 16.1 Å². The van der Waals surface area contributed by atoms with Gasteiger partial charge in [-0.3, -0.25) is 25.0 Å². The average molecular weight is 686 g/mol. The van der Waals surface area contributed by atoms with Crippen LogP contribution in [0.2, 0.25) is 5.02 Å². The third kappa shape index (κ3) is 5.62. The number of barbiturate groups is 1. The molecule has 194 valence electrons. The number of rotatable bonds is 6. The highest BCUT2D eigenvalue weighted by Crippen LogP contribution is 2.37. The first-order valence-corrected chi connectivity index (χ1v) is 13.6. The van der Waals surface area contributed by atoms with Gasteiger partial charge in [0.1, 0.15) is 10.5 Å². The molecule has 4 amide bonds. The van der Waals surface area contributed by atoms with E-state index in [1.54, 1.807) is 0 Å². The Morgan fingerprint density at radius 2 is 1.63 bits per heavy atom. The summed E-state index contributed by atoms with van der Waals surface area (Å²) in [6.07, 6.45) is 1.06. The molecule has 3 aromatic rings. The van der Waals surface area contributed by atoms with Crippen LogP contribution in [0.5, 0.6) is 5.75 Å². The van der Waals surface area contributed by atoms with Crippen LogP contribution in [-0.4, -0.2) is 31.2 Å². The van der Waals surface area contributed by atoms with E-state index in [1.807, 2.05) is 5.32 Å². The molecule has 1 aliphatic rings. The lowest BCUT2D eigenvalue weighted by Gasteiger charge is -2.26. The minimum absolute atomic E-state index is 0.000266. The van der Waals surface area contributed by atoms with E-state index in [0.717, 1.165) is 18.2 Å². The number of nitro benzene ring substituents is 1. The van der Waals surface area contributed by atoms with Crippen molar-refractivity contribution >= 4 is 88.9 Å². The van der Waals surface area contributed by atoms with Crippen LogP contribution in [0, 0.1) is 10.1 Å². The normalized spacial score (nSPS) is 15.0. The molecule has 11 nitrogen and oxygen atoms in total. The van der Waals surface area contributed by atoms with Crippen LogP contribution in [0.4, 0.5) is 16.2 Å². The summed E-state index contributed by atoms with van der Waals surface area (Å²) < 4.78 is 31.8. The van der Waals surface area contributed by atoms with Gasteiger partial charge in [0.15, 0.2) is 5.75 Å². The van der Waals surface area contributed by atoms with E-state index in [2.05, 4.69) is 31.9 Å². The van der Waals surface area contributed by atoms with Crippen molar-refractivity contribution in [2.45, 2.75) is 4.90 Å². The van der Waals surface area contributed by atoms with E-state index < -0.39 is 38.5 Å². The second kappa shape index (κ2) is 10.6. The summed E-state index contributed by atoms with van der Waals surface area (Å²) in [4.78, 5) is 49.0. The van der Waals surface area contributed by atoms with Gasteiger partial charge in [0.2, 0.25) is 0 Å². The van der Waals surface area contributed by atoms with Crippen LogP contribution >= 0.6 is 43.5 Å². The Balaban J connectivity index is 1.77. The lowest BCUT2D eigenvalue weighted by Crippen LogP contribution is -2.54. The average Bonchev–Trinajstić information content (AvgIpc) is 2.84. The number of halogens is 3. The Morgan fingerprint density at radius 3 is 2.24 bits per heavy atom. The number of nitro groups is 1. The molecule has 38 heavy (non-hydrogen) atoms. The predicted molar refractivity (Wildman–Crippen MR) is 143 cm³/mol. The van der Waals surface area contributed by atoms with Crippen LogP contribution in [0.1, 0.15) is 5.56 Å². The number of benzene rings is 3. The number of nitrogens with zero attached hydrogens (tertiary/aromatic N) is 2. The van der Waals surface area contributed by atoms with E-state index in [1.165, 1.54) is 48.5 Å². The molecule has 0 spiro atoms. The zero-order chi connectivity index (χ0) is 27.8. The summed E-state index contributed by atoms with van der Waals surface area (Å²) in [7, 11) is -4.37. The molecule has 1 aliphatic heterocycles. The monoisotopic (exact) mass is 683 g/mol. The maximum absolute atomic E-state index is 13.2. The zero-order valence-electron chi connectivity index (χ0n) is 18.6. The number of urea groups is 1. The first kappa shape index (κ1) is 27.4. The first-order chi connectivity index (χ1) is 17.9. The summed E-state index contributed by atoms with van der Waals surface area (Å²) in [5, 5.41) is 13.3. The SMILES string of the molecule is O=C1NC(=O)N(c2ccc([N+](=O)[O-])cc2)C(=O)/C1=C/c1cc(Br)cc(Br)c1OS(=O)(=O)c1ccc(Cl)cc1. The van der Waals surface area contributed by atoms with Crippen molar-refractivity contribution in [2.24, 2.45) is 0 Å². The summed E-state index contributed by atoms with van der Waals surface area (Å²) in [6, 6.07) is 11.6. The molecule has 0 bridgehead atoms. The van der Waals surface area contributed by atoms with Gasteiger partial charge in [-0.25, -0.2) is 9.69 Å². The van der Waals surface area contributed by atoms with Gasteiger partial charge in [-0.15, -0.1) is 0 Å². The lowest BCUT2D eigenvalue weighted by molar-refractivity contribution is -0.384. The minimum Gasteiger partial charge on any atom is -0.377 e. The number of carbonyl (C=O) groups excluding carboxylic acids is 3. The van der Waals surface area contributed by atoms with Gasteiger partial charge < -0.3 is 4.18 Å². The number of hydrogen-bond donors (Lipinski definition) is 1. The number of imide groups is 2. The zero-order valence-corrected chi connectivity index (χ0v) is 23.3. The van der Waals surface area contributed by atoms with Crippen molar-refractivity contribution in [2.75, 3.05) is 4.90 Å². The molecule has 0 aliphatic carbocycles. The Kier molecular flexibility index (Phi) is 7.69. The fourth-order valence-electron chi connectivity index (χ4n) is 3.31. The molecule has 1 N–H and O–H groups in total. The van der Waals surface area contributed by atoms with Gasteiger partial charge in [-0.2, -0.15) is 8.42 Å². The van der Waals surface area contributed by atoms with Crippen molar-refractivity contribution in [1.82, 2.24) is 5.32 Å². The predicted octanol–water partition coefficient (Wildman–Crippen LogP) is 5.21. The molecule has 0 aromatic heterocycles. The molecule has 3 aromatic carbocycles. The molecular formula is C23H12Br2ClN3O8S. The largest absolute Gasteiger partial charge is 0.377 e. The maximum Gasteiger partial charge on any atom is 0.339 e. The van der Waals surface area contributed by atoms with Crippen LogP contribution in [0.25, 0.3) is 6.08 Å². The number of hydrogen-bond acceptors (Lipinski definition) is 8. The number of non-ortho nitro benzene ring substituents is 1. The van der Waals surface area contributed by atoms with E-state index in [0.29, 0.717) is 14.4 Å². The van der Waals surface area contributed by atoms with E-state index >= 15 is 0 Å². The Hall–Kier alpha value is -3.59. The van der Waals surface area contributed by atoms with E-state index in [-0.39, 0.29) is 32.1 Å². The smallest absolute Gasteiger partial charge is 0.339 e. The van der Waals surface area contributed by atoms with E-state index in [4.69, 9.17) is 15.8 Å². The van der Waals surface area contributed by atoms with Crippen LogP contribution < -0.4 is 14.4 Å². The molecule has 4 rings (SSSR count). The van der Waals surface area contributed by atoms with Gasteiger partial charge in [-0.1, -0.05) is 27.5 Å². The molecule has 1 heterocycles. The Labute approximate surface area is 236 Å². The van der Waals surface area contributed by atoms with Crippen molar-refractivity contribution in [3.05, 3.63) is 95.9 Å². The fourth-order valence-corrected chi connectivity index (χ4v) is 5.85. The number of carbonyl (C=O) groups is 3. The highest BCUT2D eigenvalue weighted by atomic mass is 79.9. The number of nitrogens with one attached hydrogen (secondary N) is 1. The quantitative estimate of drug-likeness (QED) is 0.122. The number of anilines is 1. The summed E-state index contributed by atoms with van der Waals surface area (Å²) >= 11 is 12.3. The summed E-state index contributed by atoms with van der Waals surface area (Å²) in [5.74, 6) is -2.33. The van der Waals surface area contributed by atoms with Crippen molar-refractivity contribution < 1.29 is 31.9 Å². The standard InChI is InChI=1S/C23H12Br2ClN3O8S/c24-13-9-12(20(19(25)11-13)37-38(35,36)17-7-1-14(26)2-8-17)10-18-21(30)27-23(32)28(22(18)31)15-3-5-16(6-4-15)29(33)34/h1-11H,(H,27,30,32)/b18-10+. The van der Waals surface area contributed by atoms with Crippen LogP contribution in [-0.2, 0) is 19.7 Å². The first-order valence-electron chi connectivity index (χ1n) is 10.2. The van der Waals surface area contributed by atoms with Crippen molar-refractivity contribution in [3.63, 3.8) is 0 Å². The summed E-state index contributed by atoms with van der Waals surface area (Å²) in [5.41, 5.74) is -0.830. The Morgan fingerprint density at radius 1 is 1.00 bits per heavy atom. The van der Waals surface area contributed by atoms with E-state index in [9.17, 15) is 32.9 Å². The molecule has 15 heteroatoms. The summed E-state index contributed by atoms with van der Waals surface area (Å²) in [6.45, 7) is 0. The topological polar surface area (TPSA) is 153 Å². The second-order valence-corrected chi connectivity index (χ2v) is 11.3. The molecule has 0 atom stereocenters. The third-order valence-electron chi connectivity index (χ3n) is 5.05. The molecule has 0 unspecified atom stereocenters. The van der Waals surface area contributed by atoms with Crippen molar-refractivity contribution in [3.8, 4) is 5.75 Å². The van der Waals surface area contributed by atoms with Gasteiger partial charge in [0, 0.05) is 27.2 Å². The van der Waals surface area contributed by atoms with Gasteiger partial charge in [-0.05, 0) is 70.5 Å². The third-order valence-corrected chi connectivity index (χ3v) is 7.59. The fraction of sp³-hybridized carbons (Fsp3) is 0. The van der Waals surface area contributed by atoms with Gasteiger partial charge in [0.25, 0.3) is 17.5 Å². The molecule has 1 saturated heterocycles. The highest BCUT2D eigenvalue weighted by Gasteiger charge is 2.37. The minimum atomic E-state index is -4.37. The highest BCUT2D eigenvalue weighted by molar-refractivity contribution is 9.11. The lowest BCUT2D eigenvalue weighted by atomic mass is 10.1. The molecule has 0 radical (unpaired) electrons. The Bertz CT molecular complexity index is 1640.